The van der Waals surface area contributed by atoms with Crippen molar-refractivity contribution in [3.05, 3.63) is 56.7 Å². The van der Waals surface area contributed by atoms with Crippen LogP contribution >= 0.6 is 34.5 Å². The van der Waals surface area contributed by atoms with Crippen LogP contribution in [0.25, 0.3) is 6.08 Å². The molecule has 0 saturated carbocycles. The number of halogens is 2. The number of amides is 1. The molecule has 22 heavy (non-hydrogen) atoms. The number of anilines is 1. The monoisotopic (exact) mass is 355 g/mol. The molecule has 0 aliphatic heterocycles. The maximum Gasteiger partial charge on any atom is 0.331 e. The van der Waals surface area contributed by atoms with Crippen molar-refractivity contribution in [2.45, 2.75) is 0 Å². The minimum atomic E-state index is -0.605. The Hall–Kier alpha value is -1.82. The van der Waals surface area contributed by atoms with Gasteiger partial charge in [0.1, 0.15) is 0 Å². The molecule has 4 nitrogen and oxygen atoms in total. The van der Waals surface area contributed by atoms with Crippen molar-refractivity contribution >= 4 is 58.2 Å². The van der Waals surface area contributed by atoms with E-state index in [1.807, 2.05) is 16.8 Å². The predicted octanol–water partition coefficient (Wildman–Crippen LogP) is 4.25. The number of benzene rings is 1. The normalized spacial score (nSPS) is 10.6. The van der Waals surface area contributed by atoms with Gasteiger partial charge in [-0.25, -0.2) is 4.79 Å². The zero-order valence-electron chi connectivity index (χ0n) is 11.2. The fourth-order valence-electron chi connectivity index (χ4n) is 1.51. The van der Waals surface area contributed by atoms with Crippen LogP contribution in [0.1, 0.15) is 5.56 Å². The Morgan fingerprint density at radius 3 is 2.59 bits per heavy atom. The van der Waals surface area contributed by atoms with Gasteiger partial charge in [0.15, 0.2) is 6.61 Å². The molecule has 1 aromatic heterocycles. The molecule has 0 bridgehead atoms. The minimum absolute atomic E-state index is 0.292. The topological polar surface area (TPSA) is 55.4 Å². The summed E-state index contributed by atoms with van der Waals surface area (Å²) in [7, 11) is 0. The van der Waals surface area contributed by atoms with E-state index in [1.165, 1.54) is 17.4 Å². The molecule has 1 heterocycles. The Morgan fingerprint density at radius 1 is 1.23 bits per heavy atom. The molecular formula is C15H11Cl2NO3S. The van der Waals surface area contributed by atoms with Crippen LogP contribution < -0.4 is 5.32 Å². The molecule has 1 amide bonds. The van der Waals surface area contributed by atoms with E-state index in [1.54, 1.807) is 24.3 Å². The van der Waals surface area contributed by atoms with E-state index in [9.17, 15) is 9.59 Å². The third kappa shape index (κ3) is 4.87. The van der Waals surface area contributed by atoms with Gasteiger partial charge in [-0.2, -0.15) is 11.3 Å². The van der Waals surface area contributed by atoms with Gasteiger partial charge in [0.05, 0.1) is 15.7 Å². The highest BCUT2D eigenvalue weighted by molar-refractivity contribution is 7.08. The third-order valence-corrected chi connectivity index (χ3v) is 3.86. The molecule has 0 atom stereocenters. The number of hydrogen-bond acceptors (Lipinski definition) is 4. The molecular weight excluding hydrogens is 345 g/mol. The molecule has 0 aliphatic rings. The van der Waals surface area contributed by atoms with E-state index in [2.05, 4.69) is 5.32 Å². The van der Waals surface area contributed by atoms with Crippen LogP contribution in [0.15, 0.2) is 41.1 Å². The van der Waals surface area contributed by atoms with E-state index in [4.69, 9.17) is 27.9 Å². The smallest absolute Gasteiger partial charge is 0.331 e. The van der Waals surface area contributed by atoms with Crippen molar-refractivity contribution in [3.63, 3.8) is 0 Å². The summed E-state index contributed by atoms with van der Waals surface area (Å²) in [4.78, 5) is 23.2. The molecule has 0 fully saturated rings. The maximum absolute atomic E-state index is 11.7. The van der Waals surface area contributed by atoms with Gasteiger partial charge in [-0.3, -0.25) is 4.79 Å². The second-order valence-electron chi connectivity index (χ2n) is 4.14. The van der Waals surface area contributed by atoms with Gasteiger partial charge in [-0.05, 0) is 40.6 Å². The van der Waals surface area contributed by atoms with Crippen molar-refractivity contribution < 1.29 is 14.3 Å². The van der Waals surface area contributed by atoms with E-state index in [0.717, 1.165) is 5.56 Å². The third-order valence-electron chi connectivity index (χ3n) is 2.53. The maximum atomic E-state index is 11.7. The van der Waals surface area contributed by atoms with Crippen molar-refractivity contribution in [2.24, 2.45) is 0 Å². The molecule has 2 aromatic rings. The van der Waals surface area contributed by atoms with E-state index in [0.29, 0.717) is 15.7 Å². The second-order valence-corrected chi connectivity index (χ2v) is 5.74. The highest BCUT2D eigenvalue weighted by atomic mass is 35.5. The lowest BCUT2D eigenvalue weighted by Gasteiger charge is -2.08. The number of esters is 1. The first kappa shape index (κ1) is 16.5. The average molecular weight is 356 g/mol. The van der Waals surface area contributed by atoms with Gasteiger partial charge in [-0.1, -0.05) is 29.3 Å². The lowest BCUT2D eigenvalue weighted by Crippen LogP contribution is -2.20. The summed E-state index contributed by atoms with van der Waals surface area (Å²) in [5, 5.41) is 6.90. The summed E-state index contributed by atoms with van der Waals surface area (Å²) < 4.78 is 4.83. The van der Waals surface area contributed by atoms with Crippen LogP contribution in [0.4, 0.5) is 5.69 Å². The molecule has 7 heteroatoms. The van der Waals surface area contributed by atoms with Crippen molar-refractivity contribution in [2.75, 3.05) is 11.9 Å². The summed E-state index contributed by atoms with van der Waals surface area (Å²) in [6, 6.07) is 6.72. The Labute approximate surface area is 141 Å². The van der Waals surface area contributed by atoms with Crippen LogP contribution in [0.2, 0.25) is 10.0 Å². The molecule has 1 N–H and O–H groups in total. The van der Waals surface area contributed by atoms with Crippen molar-refractivity contribution in [3.8, 4) is 0 Å². The number of thiophene rings is 1. The van der Waals surface area contributed by atoms with E-state index < -0.39 is 18.5 Å². The number of carbonyl (C=O) groups excluding carboxylic acids is 2. The highest BCUT2D eigenvalue weighted by Gasteiger charge is 2.10. The van der Waals surface area contributed by atoms with Gasteiger partial charge in [0.25, 0.3) is 5.91 Å². The van der Waals surface area contributed by atoms with Gasteiger partial charge < -0.3 is 10.1 Å². The summed E-state index contributed by atoms with van der Waals surface area (Å²) in [5.74, 6) is -1.13. The van der Waals surface area contributed by atoms with Gasteiger partial charge in [0.2, 0.25) is 0 Å². The standard InChI is InChI=1S/C15H11Cl2NO3S/c16-11-2-1-3-12(17)15(11)18-13(19)8-21-14(20)5-4-10-6-7-22-9-10/h1-7,9H,8H2,(H,18,19)/b5-4+. The SMILES string of the molecule is O=C(COC(=O)/C=C/c1ccsc1)Nc1c(Cl)cccc1Cl. The molecule has 114 valence electrons. The second kappa shape index (κ2) is 7.98. The zero-order chi connectivity index (χ0) is 15.9. The predicted molar refractivity (Wildman–Crippen MR) is 89.4 cm³/mol. The fraction of sp³-hybridized carbons (Fsp3) is 0.0667. The largest absolute Gasteiger partial charge is 0.452 e. The zero-order valence-corrected chi connectivity index (χ0v) is 13.5. The Balaban J connectivity index is 1.84. The number of para-hydroxylation sites is 1. The first-order valence-corrected chi connectivity index (χ1v) is 7.87. The summed E-state index contributed by atoms with van der Waals surface area (Å²) in [6.07, 6.45) is 2.87. The van der Waals surface area contributed by atoms with Crippen molar-refractivity contribution in [1.29, 1.82) is 0 Å². The number of rotatable bonds is 5. The van der Waals surface area contributed by atoms with E-state index >= 15 is 0 Å². The molecule has 0 radical (unpaired) electrons. The minimum Gasteiger partial charge on any atom is -0.452 e. The summed E-state index contributed by atoms with van der Waals surface area (Å²) >= 11 is 13.4. The first-order chi connectivity index (χ1) is 10.6. The fourth-order valence-corrected chi connectivity index (χ4v) is 2.63. The van der Waals surface area contributed by atoms with Gasteiger partial charge in [-0.15, -0.1) is 0 Å². The van der Waals surface area contributed by atoms with Crippen LogP contribution in [0.5, 0.6) is 0 Å². The lowest BCUT2D eigenvalue weighted by atomic mass is 10.3. The van der Waals surface area contributed by atoms with E-state index in [-0.39, 0.29) is 0 Å². The Morgan fingerprint density at radius 2 is 1.95 bits per heavy atom. The number of nitrogens with one attached hydrogen (secondary N) is 1. The quantitative estimate of drug-likeness (QED) is 0.644. The Bertz CT molecular complexity index is 679. The highest BCUT2D eigenvalue weighted by Crippen LogP contribution is 2.29. The van der Waals surface area contributed by atoms with Crippen LogP contribution in [0.3, 0.4) is 0 Å². The summed E-state index contributed by atoms with van der Waals surface area (Å²) in [5.41, 5.74) is 1.19. The van der Waals surface area contributed by atoms with Crippen LogP contribution in [-0.4, -0.2) is 18.5 Å². The Kier molecular flexibility index (Phi) is 6.00. The molecule has 0 unspecified atom stereocenters. The molecule has 0 spiro atoms. The first-order valence-electron chi connectivity index (χ1n) is 6.17. The number of hydrogen-bond donors (Lipinski definition) is 1. The van der Waals surface area contributed by atoms with Crippen LogP contribution in [-0.2, 0) is 14.3 Å². The summed E-state index contributed by atoms with van der Waals surface area (Å²) in [6.45, 7) is -0.422. The molecule has 0 saturated heterocycles. The van der Waals surface area contributed by atoms with Gasteiger partial charge in [0, 0.05) is 6.08 Å². The average Bonchev–Trinajstić information content (AvgIpc) is 3.00. The molecule has 2 rings (SSSR count). The van der Waals surface area contributed by atoms with Gasteiger partial charge >= 0.3 is 5.97 Å². The molecule has 1 aromatic carbocycles. The molecule has 0 aliphatic carbocycles. The van der Waals surface area contributed by atoms with Crippen LogP contribution in [0, 0.1) is 0 Å². The number of ether oxygens (including phenoxy) is 1. The number of carbonyl (C=O) groups is 2. The lowest BCUT2D eigenvalue weighted by molar-refractivity contribution is -0.142. The van der Waals surface area contributed by atoms with Crippen molar-refractivity contribution in [1.82, 2.24) is 0 Å².